The minimum Gasteiger partial charge on any atom is -0.249 e. The highest BCUT2D eigenvalue weighted by Crippen LogP contribution is 2.25. The molecule has 3 aromatic rings. The zero-order valence-corrected chi connectivity index (χ0v) is 15.3. The average molecular weight is 346 g/mol. The third-order valence-corrected chi connectivity index (χ3v) is 6.45. The molecule has 0 aromatic heterocycles. The monoisotopic (exact) mass is 346 g/mol. The quantitative estimate of drug-likeness (QED) is 0.635. The van der Waals surface area contributed by atoms with Gasteiger partial charge in [-0.1, -0.05) is 54.1 Å². The van der Waals surface area contributed by atoms with Crippen molar-refractivity contribution < 1.29 is 4.21 Å². The summed E-state index contributed by atoms with van der Waals surface area (Å²) in [7, 11) is -1.12. The Balaban J connectivity index is 1.73. The zero-order valence-electron chi connectivity index (χ0n) is 14.5. The molecule has 0 saturated carbocycles. The molecular formula is C23H22OS. The Bertz CT molecular complexity index is 908. The predicted octanol–water partition coefficient (Wildman–Crippen LogP) is 5.05. The molecule has 7 rings (SSSR count). The van der Waals surface area contributed by atoms with Crippen LogP contribution in [-0.4, -0.2) is 4.21 Å². The molecule has 3 aromatic carbocycles. The molecule has 0 spiro atoms. The molecule has 4 aliphatic carbocycles. The number of hydrogen-bond donors (Lipinski definition) is 0. The van der Waals surface area contributed by atoms with Gasteiger partial charge < -0.3 is 0 Å². The van der Waals surface area contributed by atoms with Crippen LogP contribution < -0.4 is 0 Å². The van der Waals surface area contributed by atoms with Crippen molar-refractivity contribution >= 4 is 10.8 Å². The highest BCUT2D eigenvalue weighted by Gasteiger charge is 2.14. The maximum atomic E-state index is 13.2. The first-order valence-corrected chi connectivity index (χ1v) is 10.0. The van der Waals surface area contributed by atoms with E-state index in [-0.39, 0.29) is 0 Å². The van der Waals surface area contributed by atoms with Crippen molar-refractivity contribution in [3.8, 4) is 0 Å². The Hall–Kier alpha value is -2.19. The molecule has 0 amide bonds. The Morgan fingerprint density at radius 3 is 1.92 bits per heavy atom. The lowest BCUT2D eigenvalue weighted by molar-refractivity contribution is 0.681. The number of aryl methyl sites for hydroxylation is 5. The van der Waals surface area contributed by atoms with Crippen molar-refractivity contribution in [3.05, 3.63) is 94.5 Å². The largest absolute Gasteiger partial charge is 0.249 e. The fraction of sp³-hybridized carbons (Fsp3) is 0.217. The van der Waals surface area contributed by atoms with Gasteiger partial charge in [0.1, 0.15) is 0 Å². The van der Waals surface area contributed by atoms with Crippen molar-refractivity contribution in [1.82, 2.24) is 0 Å². The fourth-order valence-electron chi connectivity index (χ4n) is 3.36. The fourth-order valence-corrected chi connectivity index (χ4v) is 4.67. The summed E-state index contributed by atoms with van der Waals surface area (Å²) in [5, 5.41) is 0. The molecule has 1 atom stereocenters. The van der Waals surface area contributed by atoms with Crippen molar-refractivity contribution in [1.29, 1.82) is 0 Å². The molecule has 0 N–H and O–H groups in total. The van der Waals surface area contributed by atoms with Crippen LogP contribution in [0.4, 0.5) is 0 Å². The molecule has 0 fully saturated rings. The Kier molecular flexibility index (Phi) is 4.54. The molecule has 25 heavy (non-hydrogen) atoms. The summed E-state index contributed by atoms with van der Waals surface area (Å²) in [5.74, 6) is 0. The molecule has 0 heterocycles. The van der Waals surface area contributed by atoms with E-state index in [1.165, 1.54) is 27.8 Å². The van der Waals surface area contributed by atoms with Gasteiger partial charge in [-0.15, -0.1) is 0 Å². The maximum Gasteiger partial charge on any atom is 0.0852 e. The normalized spacial score (nSPS) is 14.8. The first kappa shape index (κ1) is 16.3. The van der Waals surface area contributed by atoms with E-state index in [0.29, 0.717) is 0 Å². The summed E-state index contributed by atoms with van der Waals surface area (Å²) >= 11 is 0. The number of rotatable bonds is 2. The van der Waals surface area contributed by atoms with E-state index in [2.05, 4.69) is 49.4 Å². The van der Waals surface area contributed by atoms with E-state index in [1.807, 2.05) is 24.3 Å². The summed E-state index contributed by atoms with van der Waals surface area (Å²) in [6, 6.07) is 23.6. The van der Waals surface area contributed by atoms with Crippen molar-refractivity contribution in [2.24, 2.45) is 0 Å². The smallest absolute Gasteiger partial charge is 0.0852 e. The van der Waals surface area contributed by atoms with Crippen LogP contribution in [0.2, 0.25) is 0 Å². The van der Waals surface area contributed by atoms with Crippen molar-refractivity contribution in [2.45, 2.75) is 42.4 Å². The minimum absolute atomic E-state index is 0.888. The van der Waals surface area contributed by atoms with Gasteiger partial charge in [-0.05, 0) is 73.1 Å². The summed E-state index contributed by atoms with van der Waals surface area (Å²) in [5.41, 5.74) is 6.38. The molecule has 126 valence electrons. The molecule has 1 unspecified atom stereocenters. The lowest BCUT2D eigenvalue weighted by Gasteiger charge is -2.14. The second-order valence-electron chi connectivity index (χ2n) is 6.84. The summed E-state index contributed by atoms with van der Waals surface area (Å²) in [4.78, 5) is 1.87. The summed E-state index contributed by atoms with van der Waals surface area (Å²) in [6.07, 6.45) is 3.91. The van der Waals surface area contributed by atoms with Gasteiger partial charge in [-0.2, -0.15) is 0 Å². The van der Waals surface area contributed by atoms with Gasteiger partial charge in [0.2, 0.25) is 0 Å². The number of hydrogen-bond acceptors (Lipinski definition) is 1. The first-order chi connectivity index (χ1) is 12.2. The molecule has 4 aliphatic rings. The highest BCUT2D eigenvalue weighted by molar-refractivity contribution is 7.85. The van der Waals surface area contributed by atoms with Gasteiger partial charge >= 0.3 is 0 Å². The second-order valence-corrected chi connectivity index (χ2v) is 8.29. The SMILES string of the molecule is Cc1ccc(S(=O)c2cc3ccc2CCc2ccc(cc2)CC3)cc1. The van der Waals surface area contributed by atoms with Gasteiger partial charge in [0, 0.05) is 9.79 Å². The van der Waals surface area contributed by atoms with Crippen LogP contribution in [0.15, 0.2) is 76.5 Å². The Morgan fingerprint density at radius 2 is 1.24 bits per heavy atom. The Morgan fingerprint density at radius 1 is 0.680 bits per heavy atom. The van der Waals surface area contributed by atoms with Crippen LogP contribution >= 0.6 is 0 Å². The van der Waals surface area contributed by atoms with E-state index in [0.717, 1.165) is 35.5 Å². The van der Waals surface area contributed by atoms with Gasteiger partial charge in [-0.3, -0.25) is 0 Å². The van der Waals surface area contributed by atoms with Crippen molar-refractivity contribution in [3.63, 3.8) is 0 Å². The molecule has 2 heteroatoms. The lowest BCUT2D eigenvalue weighted by atomic mass is 9.97. The van der Waals surface area contributed by atoms with Gasteiger partial charge in [0.05, 0.1) is 10.8 Å². The van der Waals surface area contributed by atoms with Gasteiger partial charge in [0.15, 0.2) is 0 Å². The third kappa shape index (κ3) is 3.59. The van der Waals surface area contributed by atoms with E-state index >= 15 is 0 Å². The van der Waals surface area contributed by atoms with E-state index in [4.69, 9.17) is 0 Å². The standard InChI is InChI=1S/C23H22OS/c1-17-2-14-22(15-3-17)25(24)23-16-20-9-8-18-4-6-19(7-5-18)10-12-21(23)13-11-20/h2-7,11,13-16H,8-10,12H2,1H3. The Labute approximate surface area is 152 Å². The predicted molar refractivity (Wildman–Crippen MR) is 104 cm³/mol. The summed E-state index contributed by atoms with van der Waals surface area (Å²) in [6.45, 7) is 2.06. The van der Waals surface area contributed by atoms with Gasteiger partial charge in [0.25, 0.3) is 0 Å². The van der Waals surface area contributed by atoms with Crippen LogP contribution in [-0.2, 0) is 36.5 Å². The van der Waals surface area contributed by atoms with Crippen LogP contribution in [0.25, 0.3) is 0 Å². The van der Waals surface area contributed by atoms with Crippen LogP contribution in [0, 0.1) is 6.92 Å². The van der Waals surface area contributed by atoms with Crippen LogP contribution in [0.5, 0.6) is 0 Å². The molecule has 0 radical (unpaired) electrons. The van der Waals surface area contributed by atoms with E-state index in [9.17, 15) is 4.21 Å². The van der Waals surface area contributed by atoms with Crippen molar-refractivity contribution in [2.75, 3.05) is 0 Å². The summed E-state index contributed by atoms with van der Waals surface area (Å²) < 4.78 is 13.2. The van der Waals surface area contributed by atoms with Crippen LogP contribution in [0.3, 0.4) is 0 Å². The van der Waals surface area contributed by atoms with Gasteiger partial charge in [-0.25, -0.2) is 4.21 Å². The lowest BCUT2D eigenvalue weighted by Crippen LogP contribution is -2.04. The zero-order chi connectivity index (χ0) is 17.2. The second kappa shape index (κ2) is 6.97. The third-order valence-electron chi connectivity index (χ3n) is 4.97. The molecular weight excluding hydrogens is 324 g/mol. The molecule has 4 bridgehead atoms. The topological polar surface area (TPSA) is 17.1 Å². The average Bonchev–Trinajstić information content (AvgIpc) is 2.64. The van der Waals surface area contributed by atoms with E-state index < -0.39 is 10.8 Å². The minimum atomic E-state index is -1.12. The molecule has 0 aliphatic heterocycles. The highest BCUT2D eigenvalue weighted by atomic mass is 32.2. The van der Waals surface area contributed by atoms with Crippen LogP contribution in [0.1, 0.15) is 27.8 Å². The number of benzene rings is 3. The molecule has 0 saturated heterocycles. The maximum absolute atomic E-state index is 13.2. The van der Waals surface area contributed by atoms with E-state index in [1.54, 1.807) is 0 Å². The first-order valence-electron chi connectivity index (χ1n) is 8.87. The molecule has 1 nitrogen and oxygen atoms in total.